The Hall–Kier alpha value is -2.70. The predicted octanol–water partition coefficient (Wildman–Crippen LogP) is 0.876. The van der Waals surface area contributed by atoms with Gasteiger partial charge in [0.25, 0.3) is 0 Å². The molecule has 3 rings (SSSR count). The van der Waals surface area contributed by atoms with Gasteiger partial charge in [0.2, 0.25) is 11.6 Å². The van der Waals surface area contributed by atoms with Gasteiger partial charge in [0.1, 0.15) is 29.8 Å². The van der Waals surface area contributed by atoms with Crippen LogP contribution in [0.25, 0.3) is 17.3 Å². The van der Waals surface area contributed by atoms with Crippen LogP contribution in [0.3, 0.4) is 0 Å². The van der Waals surface area contributed by atoms with Crippen molar-refractivity contribution in [1.29, 1.82) is 0 Å². The van der Waals surface area contributed by atoms with E-state index in [9.17, 15) is 5.11 Å². The second-order valence-corrected chi connectivity index (χ2v) is 3.57. The van der Waals surface area contributed by atoms with Crippen molar-refractivity contribution in [3.8, 4) is 28.8 Å². The zero-order valence-electron chi connectivity index (χ0n) is 9.48. The highest BCUT2D eigenvalue weighted by molar-refractivity contribution is 5.51. The number of fused-ring (bicyclic) bond motifs is 1. The van der Waals surface area contributed by atoms with Crippen molar-refractivity contribution in [2.45, 2.75) is 0 Å². The predicted molar refractivity (Wildman–Crippen MR) is 61.8 cm³/mol. The Balaban J connectivity index is 2.17. The lowest BCUT2D eigenvalue weighted by molar-refractivity contribution is 0.404. The molecule has 0 saturated heterocycles. The van der Waals surface area contributed by atoms with E-state index in [2.05, 4.69) is 20.1 Å². The Morgan fingerprint density at radius 3 is 2.83 bits per heavy atom. The molecule has 2 heterocycles. The van der Waals surface area contributed by atoms with Gasteiger partial charge >= 0.3 is 0 Å². The minimum absolute atomic E-state index is 0.123. The Bertz CT molecular complexity index is 666. The van der Waals surface area contributed by atoms with Crippen molar-refractivity contribution in [2.75, 3.05) is 7.11 Å². The molecule has 0 aromatic heterocycles. The van der Waals surface area contributed by atoms with Gasteiger partial charge in [-0.2, -0.15) is 0 Å². The third-order valence-electron chi connectivity index (χ3n) is 2.46. The number of methoxy groups -OCH3 is 1. The van der Waals surface area contributed by atoms with E-state index in [0.29, 0.717) is 23.1 Å². The molecule has 1 N–H and O–H groups in total. The van der Waals surface area contributed by atoms with E-state index in [4.69, 9.17) is 4.74 Å². The molecule has 0 spiro atoms. The van der Waals surface area contributed by atoms with Crippen molar-refractivity contribution >= 4 is 0 Å². The van der Waals surface area contributed by atoms with Crippen LogP contribution in [0.4, 0.5) is 0 Å². The second-order valence-electron chi connectivity index (χ2n) is 3.57. The zero-order chi connectivity index (χ0) is 12.5. The van der Waals surface area contributed by atoms with Crippen LogP contribution >= 0.6 is 0 Å². The van der Waals surface area contributed by atoms with Gasteiger partial charge in [-0.1, -0.05) is 0 Å². The lowest BCUT2D eigenvalue weighted by Gasteiger charge is -2.10. The summed E-state index contributed by atoms with van der Waals surface area (Å²) >= 11 is 0. The van der Waals surface area contributed by atoms with Crippen LogP contribution in [0, 0.1) is 0 Å². The Morgan fingerprint density at radius 2 is 2.00 bits per heavy atom. The van der Waals surface area contributed by atoms with Crippen LogP contribution in [0.1, 0.15) is 0 Å². The average molecular weight is 243 g/mol. The third-order valence-corrected chi connectivity index (χ3v) is 2.46. The maximum atomic E-state index is 9.41. The molecule has 7 heteroatoms. The number of aromatic hydroxyl groups is 1. The highest BCUT2D eigenvalue weighted by Crippen LogP contribution is 2.26. The molecule has 2 aliphatic rings. The molecule has 0 atom stereocenters. The number of ether oxygens (including phenoxy) is 1. The van der Waals surface area contributed by atoms with Gasteiger partial charge in [0, 0.05) is 6.07 Å². The molecule has 90 valence electrons. The van der Waals surface area contributed by atoms with Gasteiger partial charge < -0.3 is 9.84 Å². The Labute approximate surface area is 102 Å². The summed E-state index contributed by atoms with van der Waals surface area (Å²) in [6.45, 7) is 0. The number of aromatic nitrogens is 5. The quantitative estimate of drug-likeness (QED) is 0.719. The van der Waals surface area contributed by atoms with Gasteiger partial charge in [-0.3, -0.25) is 0 Å². The number of imidazole rings is 1. The van der Waals surface area contributed by atoms with Crippen molar-refractivity contribution in [3.63, 3.8) is 0 Å². The summed E-state index contributed by atoms with van der Waals surface area (Å²) in [4.78, 5) is 12.0. The summed E-state index contributed by atoms with van der Waals surface area (Å²) in [5.41, 5.74) is 0.660. The fourth-order valence-corrected chi connectivity index (χ4v) is 1.62. The van der Waals surface area contributed by atoms with Gasteiger partial charge in [-0.05, 0) is 12.1 Å². The zero-order valence-corrected chi connectivity index (χ0v) is 9.48. The lowest BCUT2D eigenvalue weighted by atomic mass is 10.3. The molecule has 7 nitrogen and oxygen atoms in total. The number of nitrogens with zero attached hydrogens (tertiary/aromatic N) is 5. The number of benzene rings is 1. The fraction of sp³-hybridized carbons (Fsp3) is 0.0909. The largest absolute Gasteiger partial charge is 0.508 e. The number of hydrogen-bond donors (Lipinski definition) is 1. The summed E-state index contributed by atoms with van der Waals surface area (Å²) in [5.74, 6) is 1.56. The van der Waals surface area contributed by atoms with E-state index < -0.39 is 0 Å². The second kappa shape index (κ2) is 3.95. The van der Waals surface area contributed by atoms with Crippen LogP contribution in [-0.2, 0) is 0 Å². The maximum absolute atomic E-state index is 9.41. The third kappa shape index (κ3) is 1.61. The van der Waals surface area contributed by atoms with Gasteiger partial charge in [0.05, 0.1) is 7.11 Å². The molecule has 0 bridgehead atoms. The first-order chi connectivity index (χ1) is 8.78. The highest BCUT2D eigenvalue weighted by Gasteiger charge is 2.12. The molecule has 2 aliphatic heterocycles. The molecule has 0 aliphatic carbocycles. The van der Waals surface area contributed by atoms with Crippen molar-refractivity contribution in [3.05, 3.63) is 30.9 Å². The normalized spacial score (nSPS) is 10.7. The molecule has 0 unspecified atom stereocenters. The number of phenolic OH excluding ortho intramolecular Hbond substituents is 1. The lowest BCUT2D eigenvalue weighted by Crippen LogP contribution is -2.06. The molecule has 0 saturated carbocycles. The van der Waals surface area contributed by atoms with E-state index in [0.717, 1.165) is 0 Å². The SMILES string of the molecule is COc1cc(O)ccc1-n1cnc2ncnc-2n1. The van der Waals surface area contributed by atoms with E-state index in [1.54, 1.807) is 12.1 Å². The average Bonchev–Trinajstić information content (AvgIpc) is 2.85. The Morgan fingerprint density at radius 1 is 1.17 bits per heavy atom. The molecule has 0 fully saturated rings. The minimum atomic E-state index is 0.123. The molecular weight excluding hydrogens is 234 g/mol. The van der Waals surface area contributed by atoms with Gasteiger partial charge in [0.15, 0.2) is 0 Å². The summed E-state index contributed by atoms with van der Waals surface area (Å²) in [6, 6.07) is 4.74. The highest BCUT2D eigenvalue weighted by atomic mass is 16.5. The van der Waals surface area contributed by atoms with Gasteiger partial charge in [-0.15, -0.1) is 5.10 Å². The standard InChI is InChI=1S/C11H9N5O2/c1-18-9-4-7(17)2-3-8(9)16-6-14-10-11(15-16)13-5-12-10/h2-6,17H,1H3. The van der Waals surface area contributed by atoms with E-state index in [1.807, 2.05) is 0 Å². The van der Waals surface area contributed by atoms with E-state index in [1.165, 1.54) is 30.5 Å². The molecule has 1 aromatic carbocycles. The summed E-state index contributed by atoms with van der Waals surface area (Å²) < 4.78 is 6.71. The van der Waals surface area contributed by atoms with Crippen LogP contribution in [0.2, 0.25) is 0 Å². The van der Waals surface area contributed by atoms with E-state index in [-0.39, 0.29) is 5.75 Å². The maximum Gasteiger partial charge on any atom is 0.219 e. The molecule has 18 heavy (non-hydrogen) atoms. The first kappa shape index (κ1) is 10.5. The van der Waals surface area contributed by atoms with Gasteiger partial charge in [-0.25, -0.2) is 19.6 Å². The smallest absolute Gasteiger partial charge is 0.219 e. The van der Waals surface area contributed by atoms with Crippen LogP contribution in [0.5, 0.6) is 11.5 Å². The number of hydrogen-bond acceptors (Lipinski definition) is 6. The van der Waals surface area contributed by atoms with Crippen LogP contribution < -0.4 is 4.74 Å². The Kier molecular flexibility index (Phi) is 2.30. The summed E-state index contributed by atoms with van der Waals surface area (Å²) in [5, 5.41) is 13.7. The number of rotatable bonds is 2. The topological polar surface area (TPSA) is 86.0 Å². The minimum Gasteiger partial charge on any atom is -0.508 e. The summed E-state index contributed by atoms with van der Waals surface area (Å²) in [7, 11) is 1.52. The molecular formula is C11H9N5O2. The fourth-order valence-electron chi connectivity index (χ4n) is 1.62. The van der Waals surface area contributed by atoms with Crippen molar-refractivity contribution < 1.29 is 9.84 Å². The van der Waals surface area contributed by atoms with Crippen LogP contribution in [0.15, 0.2) is 30.9 Å². The molecule has 0 amide bonds. The van der Waals surface area contributed by atoms with Crippen molar-refractivity contribution in [2.24, 2.45) is 0 Å². The molecule has 1 aromatic rings. The van der Waals surface area contributed by atoms with Crippen LogP contribution in [-0.4, -0.2) is 36.9 Å². The summed E-state index contributed by atoms with van der Waals surface area (Å²) in [6.07, 6.45) is 2.93. The van der Waals surface area contributed by atoms with E-state index >= 15 is 0 Å². The first-order valence-corrected chi connectivity index (χ1v) is 5.17. The molecule has 0 radical (unpaired) electrons. The van der Waals surface area contributed by atoms with Crippen molar-refractivity contribution in [1.82, 2.24) is 24.7 Å². The monoisotopic (exact) mass is 243 g/mol. The number of phenols is 1. The first-order valence-electron chi connectivity index (χ1n) is 5.17.